The van der Waals surface area contributed by atoms with Gasteiger partial charge in [0.15, 0.2) is 5.13 Å². The first-order valence-electron chi connectivity index (χ1n) is 8.38. The van der Waals surface area contributed by atoms with Crippen LogP contribution in [0.2, 0.25) is 0 Å². The van der Waals surface area contributed by atoms with E-state index in [1.807, 2.05) is 32.6 Å². The molecule has 1 amide bonds. The number of hydrogen-bond donors (Lipinski definition) is 1. The van der Waals surface area contributed by atoms with E-state index in [0.717, 1.165) is 22.5 Å². The second-order valence-electron chi connectivity index (χ2n) is 6.43. The van der Waals surface area contributed by atoms with E-state index in [4.69, 9.17) is 4.74 Å². The number of aromatic nitrogens is 5. The molecule has 26 heavy (non-hydrogen) atoms. The molecule has 0 saturated carbocycles. The van der Waals surface area contributed by atoms with Crippen molar-refractivity contribution in [3.8, 4) is 11.3 Å². The standard InChI is InChI=1S/C17H20N6O2S/c1-10-13(7-19-23(10)3)15-12(4-5-25-15)16(24)21-17-20-14(9-26-17)11-6-18-22(2)8-11/h6-9,12,15H,4-5H2,1-3H3,(H,20,21,24)/t12-,15-/m0/s1. The lowest BCUT2D eigenvalue weighted by Crippen LogP contribution is -2.25. The fourth-order valence-electron chi connectivity index (χ4n) is 3.17. The quantitative estimate of drug-likeness (QED) is 0.759. The highest BCUT2D eigenvalue weighted by atomic mass is 32.1. The molecule has 3 aromatic rings. The molecular weight excluding hydrogens is 352 g/mol. The maximum atomic E-state index is 12.8. The van der Waals surface area contributed by atoms with Crippen molar-refractivity contribution in [1.29, 1.82) is 0 Å². The molecule has 3 aromatic heterocycles. The molecule has 0 aromatic carbocycles. The van der Waals surface area contributed by atoms with Gasteiger partial charge in [-0.1, -0.05) is 0 Å². The lowest BCUT2D eigenvalue weighted by atomic mass is 9.95. The Bertz CT molecular complexity index is 943. The second kappa shape index (κ2) is 6.65. The van der Waals surface area contributed by atoms with Gasteiger partial charge in [-0.25, -0.2) is 4.98 Å². The molecule has 9 heteroatoms. The monoisotopic (exact) mass is 372 g/mol. The average Bonchev–Trinajstić information content (AvgIpc) is 3.37. The summed E-state index contributed by atoms with van der Waals surface area (Å²) >= 11 is 1.41. The molecule has 1 aliphatic rings. The van der Waals surface area contributed by atoms with Gasteiger partial charge >= 0.3 is 0 Å². The number of thiazole rings is 1. The number of carbonyl (C=O) groups is 1. The first-order chi connectivity index (χ1) is 12.5. The Labute approximate surface area is 154 Å². The molecule has 0 bridgehead atoms. The van der Waals surface area contributed by atoms with Crippen LogP contribution in [-0.2, 0) is 23.6 Å². The van der Waals surface area contributed by atoms with Crippen molar-refractivity contribution < 1.29 is 9.53 Å². The molecule has 0 unspecified atom stereocenters. The summed E-state index contributed by atoms with van der Waals surface area (Å²) in [4.78, 5) is 17.3. The van der Waals surface area contributed by atoms with Crippen molar-refractivity contribution in [2.45, 2.75) is 19.4 Å². The van der Waals surface area contributed by atoms with Crippen LogP contribution in [0.15, 0.2) is 24.0 Å². The number of carbonyl (C=O) groups excluding carboxylic acids is 1. The fourth-order valence-corrected chi connectivity index (χ4v) is 3.90. The summed E-state index contributed by atoms with van der Waals surface area (Å²) in [5.74, 6) is -0.313. The Kier molecular flexibility index (Phi) is 4.33. The van der Waals surface area contributed by atoms with Gasteiger partial charge in [0.1, 0.15) is 0 Å². The molecule has 1 aliphatic heterocycles. The molecule has 1 fully saturated rings. The van der Waals surface area contributed by atoms with E-state index >= 15 is 0 Å². The Morgan fingerprint density at radius 2 is 2.19 bits per heavy atom. The molecule has 136 valence electrons. The van der Waals surface area contributed by atoms with E-state index < -0.39 is 0 Å². The van der Waals surface area contributed by atoms with Crippen LogP contribution in [0.25, 0.3) is 11.3 Å². The van der Waals surface area contributed by atoms with Crippen LogP contribution in [0, 0.1) is 12.8 Å². The van der Waals surface area contributed by atoms with Gasteiger partial charge in [0.2, 0.25) is 5.91 Å². The molecular formula is C17H20N6O2S. The molecule has 0 aliphatic carbocycles. The van der Waals surface area contributed by atoms with Crippen LogP contribution in [-0.4, -0.2) is 37.1 Å². The van der Waals surface area contributed by atoms with Gasteiger partial charge in [0, 0.05) is 49.1 Å². The minimum Gasteiger partial charge on any atom is -0.373 e. The third-order valence-corrected chi connectivity index (χ3v) is 5.50. The number of aryl methyl sites for hydroxylation is 2. The van der Waals surface area contributed by atoms with Gasteiger partial charge < -0.3 is 10.1 Å². The van der Waals surface area contributed by atoms with Crippen molar-refractivity contribution in [2.24, 2.45) is 20.0 Å². The largest absolute Gasteiger partial charge is 0.373 e. The number of nitrogens with zero attached hydrogens (tertiary/aromatic N) is 5. The normalized spacial score (nSPS) is 19.8. The minimum atomic E-state index is -0.263. The Hall–Kier alpha value is -2.52. The first-order valence-corrected chi connectivity index (χ1v) is 9.26. The van der Waals surface area contributed by atoms with Crippen LogP contribution >= 0.6 is 11.3 Å². The number of anilines is 1. The highest BCUT2D eigenvalue weighted by Crippen LogP contribution is 2.37. The van der Waals surface area contributed by atoms with Crippen LogP contribution in [0.4, 0.5) is 5.13 Å². The van der Waals surface area contributed by atoms with Crippen molar-refractivity contribution in [3.63, 3.8) is 0 Å². The van der Waals surface area contributed by atoms with Crippen molar-refractivity contribution in [3.05, 3.63) is 35.2 Å². The van der Waals surface area contributed by atoms with E-state index in [0.29, 0.717) is 18.2 Å². The van der Waals surface area contributed by atoms with Crippen LogP contribution in [0.3, 0.4) is 0 Å². The van der Waals surface area contributed by atoms with Gasteiger partial charge in [-0.2, -0.15) is 10.2 Å². The maximum Gasteiger partial charge on any atom is 0.232 e. The lowest BCUT2D eigenvalue weighted by Gasteiger charge is -2.17. The smallest absolute Gasteiger partial charge is 0.232 e. The molecule has 4 rings (SSSR count). The summed E-state index contributed by atoms with van der Waals surface area (Å²) in [6, 6.07) is 0. The Balaban J connectivity index is 1.49. The van der Waals surface area contributed by atoms with E-state index in [9.17, 15) is 4.79 Å². The third-order valence-electron chi connectivity index (χ3n) is 4.74. The molecule has 8 nitrogen and oxygen atoms in total. The van der Waals surface area contributed by atoms with Crippen LogP contribution < -0.4 is 5.32 Å². The van der Waals surface area contributed by atoms with Crippen molar-refractivity contribution >= 4 is 22.4 Å². The fraction of sp³-hybridized carbons (Fsp3) is 0.412. The summed E-state index contributed by atoms with van der Waals surface area (Å²) in [5, 5.41) is 13.9. The van der Waals surface area contributed by atoms with E-state index in [1.165, 1.54) is 11.3 Å². The SMILES string of the molecule is Cc1c([C@H]2OCC[C@@H]2C(=O)Nc2nc(-c3cnn(C)c3)cs2)cnn1C. The number of ether oxygens (including phenoxy) is 1. The maximum absolute atomic E-state index is 12.8. The first kappa shape index (κ1) is 16.9. The van der Waals surface area contributed by atoms with Gasteiger partial charge in [-0.05, 0) is 13.3 Å². The number of rotatable bonds is 4. The molecule has 1 N–H and O–H groups in total. The highest BCUT2D eigenvalue weighted by Gasteiger charge is 2.37. The molecule has 0 spiro atoms. The molecule has 0 radical (unpaired) electrons. The van der Waals surface area contributed by atoms with Gasteiger partial charge in [-0.3, -0.25) is 14.2 Å². The zero-order valence-corrected chi connectivity index (χ0v) is 15.7. The summed E-state index contributed by atoms with van der Waals surface area (Å²) in [7, 11) is 3.75. The van der Waals surface area contributed by atoms with Gasteiger partial charge in [-0.15, -0.1) is 11.3 Å². The summed E-state index contributed by atoms with van der Waals surface area (Å²) in [6.07, 6.45) is 5.86. The number of hydrogen-bond acceptors (Lipinski definition) is 6. The lowest BCUT2D eigenvalue weighted by molar-refractivity contribution is -0.121. The molecule has 2 atom stereocenters. The van der Waals surface area contributed by atoms with Crippen molar-refractivity contribution in [1.82, 2.24) is 24.5 Å². The summed E-state index contributed by atoms with van der Waals surface area (Å²) in [5.41, 5.74) is 3.72. The molecule has 1 saturated heterocycles. The third kappa shape index (κ3) is 3.04. The zero-order chi connectivity index (χ0) is 18.3. The van der Waals surface area contributed by atoms with E-state index in [1.54, 1.807) is 21.8 Å². The van der Waals surface area contributed by atoms with Gasteiger partial charge in [0.05, 0.1) is 30.1 Å². The minimum absolute atomic E-state index is 0.0668. The number of amides is 1. The molecule has 4 heterocycles. The Morgan fingerprint density at radius 3 is 2.88 bits per heavy atom. The highest BCUT2D eigenvalue weighted by molar-refractivity contribution is 7.14. The van der Waals surface area contributed by atoms with E-state index in [2.05, 4.69) is 20.5 Å². The van der Waals surface area contributed by atoms with Gasteiger partial charge in [0.25, 0.3) is 0 Å². The predicted molar refractivity (Wildman–Crippen MR) is 97.7 cm³/mol. The van der Waals surface area contributed by atoms with Crippen LogP contribution in [0.5, 0.6) is 0 Å². The van der Waals surface area contributed by atoms with Crippen LogP contribution in [0.1, 0.15) is 23.8 Å². The van der Waals surface area contributed by atoms with E-state index in [-0.39, 0.29) is 17.9 Å². The topological polar surface area (TPSA) is 86.9 Å². The summed E-state index contributed by atoms with van der Waals surface area (Å²) < 4.78 is 9.36. The summed E-state index contributed by atoms with van der Waals surface area (Å²) in [6.45, 7) is 2.55. The second-order valence-corrected chi connectivity index (χ2v) is 7.28. The van der Waals surface area contributed by atoms with Crippen molar-refractivity contribution in [2.75, 3.05) is 11.9 Å². The number of nitrogens with one attached hydrogen (secondary N) is 1. The predicted octanol–water partition coefficient (Wildman–Crippen LogP) is 2.30. The zero-order valence-electron chi connectivity index (χ0n) is 14.8. The average molecular weight is 372 g/mol. The Morgan fingerprint density at radius 1 is 1.35 bits per heavy atom.